The second-order valence-electron chi connectivity index (χ2n) is 2.19. The van der Waals surface area contributed by atoms with E-state index in [0.29, 0.717) is 6.42 Å². The molecule has 66 valence electrons. The van der Waals surface area contributed by atoms with Crippen LogP contribution in [0.25, 0.3) is 0 Å². The molecule has 0 aliphatic rings. The molecule has 0 amide bonds. The van der Waals surface area contributed by atoms with Crippen LogP contribution in [-0.2, 0) is 14.3 Å². The summed E-state index contributed by atoms with van der Waals surface area (Å²) >= 11 is 0. The van der Waals surface area contributed by atoms with E-state index >= 15 is 0 Å². The Labute approximate surface area is 66.1 Å². The summed E-state index contributed by atoms with van der Waals surface area (Å²) in [7, 11) is 2.86. The Bertz CT molecular complexity index is 120. The van der Waals surface area contributed by atoms with Gasteiger partial charge >= 0.3 is 5.97 Å². The second-order valence-corrected chi connectivity index (χ2v) is 2.19. The number of carboxylic acid groups (broad SMARTS) is 1. The molecule has 0 spiro atoms. The molecule has 0 bridgehead atoms. The average Bonchev–Trinajstić information content (AvgIpc) is 1.99. The molecule has 0 aromatic carbocycles. The van der Waals surface area contributed by atoms with Crippen LogP contribution in [0.1, 0.15) is 13.3 Å². The molecule has 0 aromatic rings. The molecular formula is C7H14O4. The molecule has 0 rings (SSSR count). The number of hydrogen-bond acceptors (Lipinski definition) is 3. The third-order valence-electron chi connectivity index (χ3n) is 1.55. The highest BCUT2D eigenvalue weighted by Gasteiger charge is 2.25. The smallest absolute Gasteiger partial charge is 0.311 e. The van der Waals surface area contributed by atoms with Crippen LogP contribution in [0, 0.1) is 5.92 Å². The Kier molecular flexibility index (Phi) is 4.81. The van der Waals surface area contributed by atoms with Crippen LogP contribution in [0.4, 0.5) is 0 Å². The summed E-state index contributed by atoms with van der Waals surface area (Å²) < 4.78 is 9.62. The SMILES string of the molecule is CCC(C(=O)O)C(OC)OC. The molecule has 1 atom stereocenters. The van der Waals surface area contributed by atoms with Crippen molar-refractivity contribution in [2.45, 2.75) is 19.6 Å². The molecule has 1 N–H and O–H groups in total. The van der Waals surface area contributed by atoms with Crippen molar-refractivity contribution in [2.75, 3.05) is 14.2 Å². The normalized spacial score (nSPS) is 13.5. The molecule has 0 saturated carbocycles. The van der Waals surface area contributed by atoms with Crippen LogP contribution in [0.3, 0.4) is 0 Å². The quantitative estimate of drug-likeness (QED) is 0.605. The molecule has 0 fully saturated rings. The molecule has 0 heterocycles. The van der Waals surface area contributed by atoms with Crippen LogP contribution in [-0.4, -0.2) is 31.6 Å². The maximum Gasteiger partial charge on any atom is 0.311 e. The van der Waals surface area contributed by atoms with Gasteiger partial charge in [0.25, 0.3) is 0 Å². The molecular weight excluding hydrogens is 148 g/mol. The van der Waals surface area contributed by atoms with Gasteiger partial charge in [-0.15, -0.1) is 0 Å². The fraction of sp³-hybridized carbons (Fsp3) is 0.857. The lowest BCUT2D eigenvalue weighted by molar-refractivity contribution is -0.171. The summed E-state index contributed by atoms with van der Waals surface area (Å²) in [5.74, 6) is -1.47. The van der Waals surface area contributed by atoms with E-state index in [2.05, 4.69) is 0 Å². The third-order valence-corrected chi connectivity index (χ3v) is 1.55. The highest BCUT2D eigenvalue weighted by molar-refractivity contribution is 5.70. The van der Waals surface area contributed by atoms with E-state index in [9.17, 15) is 4.79 Å². The maximum atomic E-state index is 10.5. The summed E-state index contributed by atoms with van der Waals surface area (Å²) in [6.07, 6.45) is -0.140. The molecule has 0 aliphatic carbocycles. The van der Waals surface area contributed by atoms with Gasteiger partial charge in [-0.2, -0.15) is 0 Å². The van der Waals surface area contributed by atoms with Gasteiger partial charge in [-0.25, -0.2) is 0 Å². The first-order chi connectivity index (χ1) is 5.17. The average molecular weight is 162 g/mol. The number of aliphatic carboxylic acids is 1. The van der Waals surface area contributed by atoms with Gasteiger partial charge < -0.3 is 14.6 Å². The van der Waals surface area contributed by atoms with Crippen molar-refractivity contribution in [3.63, 3.8) is 0 Å². The van der Waals surface area contributed by atoms with Gasteiger partial charge in [0.2, 0.25) is 0 Å². The van der Waals surface area contributed by atoms with E-state index < -0.39 is 18.2 Å². The van der Waals surface area contributed by atoms with Crippen molar-refractivity contribution >= 4 is 5.97 Å². The van der Waals surface area contributed by atoms with Crippen molar-refractivity contribution in [3.8, 4) is 0 Å². The molecule has 0 saturated heterocycles. The van der Waals surface area contributed by atoms with E-state index in [1.54, 1.807) is 6.92 Å². The maximum absolute atomic E-state index is 10.5. The van der Waals surface area contributed by atoms with Gasteiger partial charge in [0.15, 0.2) is 6.29 Å². The first-order valence-electron chi connectivity index (χ1n) is 3.45. The van der Waals surface area contributed by atoms with Crippen LogP contribution in [0.5, 0.6) is 0 Å². The van der Waals surface area contributed by atoms with Crippen molar-refractivity contribution in [3.05, 3.63) is 0 Å². The van der Waals surface area contributed by atoms with Gasteiger partial charge in [0.05, 0.1) is 0 Å². The fourth-order valence-corrected chi connectivity index (χ4v) is 0.908. The van der Waals surface area contributed by atoms with E-state index in [-0.39, 0.29) is 0 Å². The zero-order valence-corrected chi connectivity index (χ0v) is 7.03. The van der Waals surface area contributed by atoms with E-state index in [0.717, 1.165) is 0 Å². The number of ether oxygens (including phenoxy) is 2. The predicted octanol–water partition coefficient (Wildman–Crippen LogP) is 0.716. The second kappa shape index (κ2) is 5.09. The summed E-state index contributed by atoms with van der Waals surface area (Å²) in [6, 6.07) is 0. The summed E-state index contributed by atoms with van der Waals surface area (Å²) in [5, 5.41) is 8.65. The summed E-state index contributed by atoms with van der Waals surface area (Å²) in [4.78, 5) is 10.5. The molecule has 11 heavy (non-hydrogen) atoms. The molecule has 4 heteroatoms. The summed E-state index contributed by atoms with van der Waals surface area (Å²) in [6.45, 7) is 1.78. The highest BCUT2D eigenvalue weighted by Crippen LogP contribution is 2.12. The first-order valence-corrected chi connectivity index (χ1v) is 3.45. The van der Waals surface area contributed by atoms with Gasteiger partial charge in [0.1, 0.15) is 5.92 Å². The monoisotopic (exact) mass is 162 g/mol. The minimum Gasteiger partial charge on any atom is -0.481 e. The van der Waals surface area contributed by atoms with Gasteiger partial charge in [-0.3, -0.25) is 4.79 Å². The lowest BCUT2D eigenvalue weighted by atomic mass is 10.1. The lowest BCUT2D eigenvalue weighted by Gasteiger charge is -2.19. The van der Waals surface area contributed by atoms with Crippen LogP contribution in [0.2, 0.25) is 0 Å². The Morgan fingerprint density at radius 2 is 1.91 bits per heavy atom. The van der Waals surface area contributed by atoms with Crippen molar-refractivity contribution < 1.29 is 19.4 Å². The Morgan fingerprint density at radius 1 is 1.45 bits per heavy atom. The van der Waals surface area contributed by atoms with Gasteiger partial charge in [-0.1, -0.05) is 6.92 Å². The Hall–Kier alpha value is -0.610. The van der Waals surface area contributed by atoms with Crippen LogP contribution < -0.4 is 0 Å². The Balaban J connectivity index is 4.09. The molecule has 0 radical (unpaired) electrons. The van der Waals surface area contributed by atoms with Crippen LogP contribution >= 0.6 is 0 Å². The first kappa shape index (κ1) is 10.4. The standard InChI is InChI=1S/C7H14O4/c1-4-5(6(8)9)7(10-2)11-3/h5,7H,4H2,1-3H3,(H,8,9). The number of rotatable bonds is 5. The zero-order chi connectivity index (χ0) is 8.85. The lowest BCUT2D eigenvalue weighted by Crippen LogP contribution is -2.30. The van der Waals surface area contributed by atoms with Crippen molar-refractivity contribution in [1.29, 1.82) is 0 Å². The number of carbonyl (C=O) groups is 1. The Morgan fingerprint density at radius 3 is 2.00 bits per heavy atom. The fourth-order valence-electron chi connectivity index (χ4n) is 0.908. The molecule has 4 nitrogen and oxygen atoms in total. The molecule has 0 aromatic heterocycles. The molecule has 0 aliphatic heterocycles. The third kappa shape index (κ3) is 2.86. The minimum atomic E-state index is -0.888. The van der Waals surface area contributed by atoms with Crippen molar-refractivity contribution in [2.24, 2.45) is 5.92 Å². The van der Waals surface area contributed by atoms with E-state index in [4.69, 9.17) is 14.6 Å². The van der Waals surface area contributed by atoms with Gasteiger partial charge in [0, 0.05) is 14.2 Å². The van der Waals surface area contributed by atoms with E-state index in [1.807, 2.05) is 0 Å². The van der Waals surface area contributed by atoms with E-state index in [1.165, 1.54) is 14.2 Å². The van der Waals surface area contributed by atoms with Crippen LogP contribution in [0.15, 0.2) is 0 Å². The van der Waals surface area contributed by atoms with Crippen molar-refractivity contribution in [1.82, 2.24) is 0 Å². The predicted molar refractivity (Wildman–Crippen MR) is 39.2 cm³/mol. The zero-order valence-electron chi connectivity index (χ0n) is 7.03. The number of carboxylic acids is 1. The minimum absolute atomic E-state index is 0.502. The topological polar surface area (TPSA) is 55.8 Å². The van der Waals surface area contributed by atoms with Gasteiger partial charge in [-0.05, 0) is 6.42 Å². The molecule has 1 unspecified atom stereocenters. The number of hydrogen-bond donors (Lipinski definition) is 1. The largest absolute Gasteiger partial charge is 0.481 e. The number of methoxy groups -OCH3 is 2. The summed E-state index contributed by atoms with van der Waals surface area (Å²) in [5.41, 5.74) is 0. The highest BCUT2D eigenvalue weighted by atomic mass is 16.7.